The van der Waals surface area contributed by atoms with E-state index in [1.54, 1.807) is 0 Å². The first-order valence-corrected chi connectivity index (χ1v) is 5.61. The lowest BCUT2D eigenvalue weighted by atomic mass is 9.67. The summed E-state index contributed by atoms with van der Waals surface area (Å²) < 4.78 is 0. The van der Waals surface area contributed by atoms with Gasteiger partial charge in [0.2, 0.25) is 5.91 Å². The summed E-state index contributed by atoms with van der Waals surface area (Å²) in [5.41, 5.74) is 0.321. The lowest BCUT2D eigenvalue weighted by molar-refractivity contribution is -0.127. The number of amides is 1. The molecule has 1 saturated carbocycles. The molecule has 1 heterocycles. The summed E-state index contributed by atoms with van der Waals surface area (Å²) in [6.07, 6.45) is 3.39. The van der Waals surface area contributed by atoms with Gasteiger partial charge in [0.1, 0.15) is 0 Å². The van der Waals surface area contributed by atoms with Crippen molar-refractivity contribution in [1.82, 2.24) is 10.6 Å². The molecule has 0 aromatic heterocycles. The molecule has 3 nitrogen and oxygen atoms in total. The van der Waals surface area contributed by atoms with E-state index in [0.29, 0.717) is 11.5 Å². The molecule has 2 aliphatic rings. The predicted octanol–water partition coefficient (Wildman–Crippen LogP) is 0.901. The Morgan fingerprint density at radius 2 is 2.21 bits per heavy atom. The fraction of sp³-hybridized carbons (Fsp3) is 0.909. The highest BCUT2D eigenvalue weighted by molar-refractivity contribution is 5.79. The molecule has 2 fully saturated rings. The molecule has 14 heavy (non-hydrogen) atoms. The first-order chi connectivity index (χ1) is 6.59. The number of hydrogen-bond donors (Lipinski definition) is 2. The Balaban J connectivity index is 1.82. The second-order valence-corrected chi connectivity index (χ2v) is 5.28. The Morgan fingerprint density at radius 3 is 2.64 bits per heavy atom. The summed E-state index contributed by atoms with van der Waals surface area (Å²) in [5, 5.41) is 6.39. The number of hydrogen-bond acceptors (Lipinski definition) is 2. The largest absolute Gasteiger partial charge is 0.353 e. The minimum atomic E-state index is 0.214. The van der Waals surface area contributed by atoms with Crippen molar-refractivity contribution >= 4 is 5.91 Å². The van der Waals surface area contributed by atoms with Crippen LogP contribution in [0.15, 0.2) is 0 Å². The van der Waals surface area contributed by atoms with Crippen LogP contribution in [-0.2, 0) is 4.79 Å². The average molecular weight is 196 g/mol. The Kier molecular flexibility index (Phi) is 2.52. The van der Waals surface area contributed by atoms with Crippen LogP contribution < -0.4 is 10.6 Å². The quantitative estimate of drug-likeness (QED) is 0.689. The van der Waals surface area contributed by atoms with Crippen molar-refractivity contribution in [2.24, 2.45) is 11.3 Å². The molecule has 80 valence electrons. The Labute approximate surface area is 85.6 Å². The van der Waals surface area contributed by atoms with Gasteiger partial charge >= 0.3 is 0 Å². The normalized spacial score (nSPS) is 35.0. The molecule has 3 heteroatoms. The van der Waals surface area contributed by atoms with E-state index in [4.69, 9.17) is 0 Å². The second-order valence-electron chi connectivity index (χ2n) is 5.28. The number of nitrogens with one attached hydrogen (secondary N) is 2. The third kappa shape index (κ3) is 1.78. The van der Waals surface area contributed by atoms with Gasteiger partial charge in [-0.1, -0.05) is 13.8 Å². The molecule has 1 amide bonds. The minimum absolute atomic E-state index is 0.214. The molecule has 0 radical (unpaired) electrons. The van der Waals surface area contributed by atoms with Crippen molar-refractivity contribution in [2.45, 2.75) is 39.2 Å². The lowest BCUT2D eigenvalue weighted by Gasteiger charge is -2.45. The lowest BCUT2D eigenvalue weighted by Crippen LogP contribution is -2.53. The van der Waals surface area contributed by atoms with E-state index in [9.17, 15) is 4.79 Å². The first-order valence-electron chi connectivity index (χ1n) is 5.61. The molecule has 0 bridgehead atoms. The van der Waals surface area contributed by atoms with Crippen LogP contribution in [-0.4, -0.2) is 25.0 Å². The molecule has 2 rings (SSSR count). The zero-order chi connectivity index (χ0) is 10.2. The minimum Gasteiger partial charge on any atom is -0.353 e. The van der Waals surface area contributed by atoms with Crippen molar-refractivity contribution in [1.29, 1.82) is 0 Å². The van der Waals surface area contributed by atoms with Crippen molar-refractivity contribution in [3.8, 4) is 0 Å². The molecule has 0 aromatic carbocycles. The van der Waals surface area contributed by atoms with E-state index in [-0.39, 0.29) is 11.8 Å². The molecule has 1 unspecified atom stereocenters. The van der Waals surface area contributed by atoms with Crippen LogP contribution in [0.5, 0.6) is 0 Å². The summed E-state index contributed by atoms with van der Waals surface area (Å²) in [7, 11) is 0. The smallest absolute Gasteiger partial charge is 0.224 e. The standard InChI is InChI=1S/C11H20N2O/c1-11(2)5-3-9(11)13-10(14)8-4-6-12-7-8/h8-9,12H,3-7H2,1-2H3,(H,13,14)/t8-,9?/m0/s1. The molecule has 1 aliphatic heterocycles. The van der Waals surface area contributed by atoms with Crippen LogP contribution >= 0.6 is 0 Å². The summed E-state index contributed by atoms with van der Waals surface area (Å²) in [5.74, 6) is 0.471. The summed E-state index contributed by atoms with van der Waals surface area (Å²) >= 11 is 0. The van der Waals surface area contributed by atoms with Gasteiger partial charge in [-0.2, -0.15) is 0 Å². The molecule has 0 aromatic rings. The average Bonchev–Trinajstić information content (AvgIpc) is 2.65. The highest BCUT2D eigenvalue weighted by atomic mass is 16.2. The Hall–Kier alpha value is -0.570. The van der Waals surface area contributed by atoms with Gasteiger partial charge in [0.25, 0.3) is 0 Å². The van der Waals surface area contributed by atoms with Gasteiger partial charge in [-0.15, -0.1) is 0 Å². The van der Waals surface area contributed by atoms with Gasteiger partial charge < -0.3 is 10.6 Å². The third-order valence-electron chi connectivity index (χ3n) is 3.77. The maximum Gasteiger partial charge on any atom is 0.224 e. The van der Waals surface area contributed by atoms with Gasteiger partial charge in [0, 0.05) is 12.6 Å². The number of carbonyl (C=O) groups is 1. The van der Waals surface area contributed by atoms with Gasteiger partial charge in [-0.05, 0) is 31.2 Å². The topological polar surface area (TPSA) is 41.1 Å². The maximum atomic E-state index is 11.8. The van der Waals surface area contributed by atoms with E-state index in [1.165, 1.54) is 6.42 Å². The molecule has 0 spiro atoms. The van der Waals surface area contributed by atoms with E-state index < -0.39 is 0 Å². The second kappa shape index (κ2) is 3.54. The van der Waals surface area contributed by atoms with Crippen LogP contribution in [0.2, 0.25) is 0 Å². The maximum absolute atomic E-state index is 11.8. The van der Waals surface area contributed by atoms with E-state index in [0.717, 1.165) is 25.9 Å². The zero-order valence-electron chi connectivity index (χ0n) is 9.10. The van der Waals surface area contributed by atoms with Gasteiger partial charge in [-0.25, -0.2) is 0 Å². The molecular formula is C11H20N2O. The fourth-order valence-electron chi connectivity index (χ4n) is 2.30. The van der Waals surface area contributed by atoms with Crippen LogP contribution in [0.3, 0.4) is 0 Å². The van der Waals surface area contributed by atoms with Crippen LogP contribution in [0.4, 0.5) is 0 Å². The van der Waals surface area contributed by atoms with Crippen LogP contribution in [0.25, 0.3) is 0 Å². The monoisotopic (exact) mass is 196 g/mol. The van der Waals surface area contributed by atoms with E-state index in [1.807, 2.05) is 0 Å². The van der Waals surface area contributed by atoms with Crippen LogP contribution in [0.1, 0.15) is 33.1 Å². The number of rotatable bonds is 2. The van der Waals surface area contributed by atoms with Crippen molar-refractivity contribution in [3.05, 3.63) is 0 Å². The number of carbonyl (C=O) groups excluding carboxylic acids is 1. The molecular weight excluding hydrogens is 176 g/mol. The van der Waals surface area contributed by atoms with Gasteiger partial charge in [0.15, 0.2) is 0 Å². The molecule has 2 atom stereocenters. The highest BCUT2D eigenvalue weighted by Gasteiger charge is 2.40. The van der Waals surface area contributed by atoms with Crippen molar-refractivity contribution in [3.63, 3.8) is 0 Å². The summed E-state index contributed by atoms with van der Waals surface area (Å²) in [6, 6.07) is 0.413. The van der Waals surface area contributed by atoms with Gasteiger partial charge in [0.05, 0.1) is 5.92 Å². The molecule has 1 saturated heterocycles. The molecule has 2 N–H and O–H groups in total. The first kappa shape index (κ1) is 9.97. The summed E-state index contributed by atoms with van der Waals surface area (Å²) in [6.45, 7) is 6.31. The Bertz CT molecular complexity index is 231. The highest BCUT2D eigenvalue weighted by Crippen LogP contribution is 2.40. The fourth-order valence-corrected chi connectivity index (χ4v) is 2.30. The summed E-state index contributed by atoms with van der Waals surface area (Å²) in [4.78, 5) is 11.8. The van der Waals surface area contributed by atoms with Gasteiger partial charge in [-0.3, -0.25) is 4.79 Å². The van der Waals surface area contributed by atoms with Crippen molar-refractivity contribution < 1.29 is 4.79 Å². The van der Waals surface area contributed by atoms with E-state index in [2.05, 4.69) is 24.5 Å². The SMILES string of the molecule is CC1(C)CCC1NC(=O)[C@H]1CCNC1. The Morgan fingerprint density at radius 1 is 1.43 bits per heavy atom. The van der Waals surface area contributed by atoms with E-state index >= 15 is 0 Å². The molecule has 1 aliphatic carbocycles. The van der Waals surface area contributed by atoms with Crippen LogP contribution in [0, 0.1) is 11.3 Å². The van der Waals surface area contributed by atoms with Crippen molar-refractivity contribution in [2.75, 3.05) is 13.1 Å². The predicted molar refractivity (Wildman–Crippen MR) is 55.9 cm³/mol. The third-order valence-corrected chi connectivity index (χ3v) is 3.77. The zero-order valence-corrected chi connectivity index (χ0v) is 9.10.